The van der Waals surface area contributed by atoms with Crippen LogP contribution in [0.25, 0.3) is 11.0 Å². The van der Waals surface area contributed by atoms with Crippen LogP contribution >= 0.6 is 0 Å². The van der Waals surface area contributed by atoms with Crippen LogP contribution in [0.5, 0.6) is 0 Å². The Balaban J connectivity index is 2.38. The van der Waals surface area contributed by atoms with Crippen molar-refractivity contribution in [2.75, 3.05) is 14.1 Å². The molecule has 7 nitrogen and oxygen atoms in total. The van der Waals surface area contributed by atoms with Crippen LogP contribution in [0.3, 0.4) is 0 Å². The Hall–Kier alpha value is -2.71. The van der Waals surface area contributed by atoms with Crippen LogP contribution in [-0.4, -0.2) is 36.0 Å². The van der Waals surface area contributed by atoms with E-state index in [9.17, 15) is 18.0 Å². The first-order valence-corrected chi connectivity index (χ1v) is 10.8. The van der Waals surface area contributed by atoms with E-state index in [0.717, 1.165) is 21.0 Å². The molecule has 0 aliphatic heterocycles. The predicted molar refractivity (Wildman–Crippen MR) is 114 cm³/mol. The molecule has 1 heterocycles. The average Bonchev–Trinajstić information content (AvgIpc) is 2.68. The van der Waals surface area contributed by atoms with Gasteiger partial charge < -0.3 is 4.57 Å². The number of hydrogen-bond donors (Lipinski definition) is 0. The van der Waals surface area contributed by atoms with Crippen LogP contribution in [0.2, 0.25) is 0 Å². The van der Waals surface area contributed by atoms with Gasteiger partial charge in [0.1, 0.15) is 0 Å². The minimum atomic E-state index is -3.68. The van der Waals surface area contributed by atoms with Gasteiger partial charge in [0.05, 0.1) is 22.5 Å². The van der Waals surface area contributed by atoms with Crippen molar-refractivity contribution in [2.45, 2.75) is 38.8 Å². The predicted octanol–water partition coefficient (Wildman–Crippen LogP) is 2.10. The van der Waals surface area contributed by atoms with Crippen molar-refractivity contribution in [3.05, 3.63) is 73.8 Å². The molecule has 0 amide bonds. The third-order valence-corrected chi connectivity index (χ3v) is 6.94. The van der Waals surface area contributed by atoms with E-state index in [-0.39, 0.29) is 11.4 Å². The third-order valence-electron chi connectivity index (χ3n) is 5.13. The van der Waals surface area contributed by atoms with Gasteiger partial charge in [0, 0.05) is 20.6 Å². The van der Waals surface area contributed by atoms with Gasteiger partial charge in [0.15, 0.2) is 0 Å². The Morgan fingerprint density at radius 2 is 1.55 bits per heavy atom. The topological polar surface area (TPSA) is 81.4 Å². The number of aryl methyl sites for hydroxylation is 3. The van der Waals surface area contributed by atoms with E-state index < -0.39 is 21.1 Å². The van der Waals surface area contributed by atoms with Crippen molar-refractivity contribution in [3.63, 3.8) is 0 Å². The van der Waals surface area contributed by atoms with E-state index in [1.165, 1.54) is 35.4 Å². The zero-order valence-electron chi connectivity index (χ0n) is 17.3. The lowest BCUT2D eigenvalue weighted by Gasteiger charge is -2.17. The van der Waals surface area contributed by atoms with Gasteiger partial charge in [-0.3, -0.25) is 14.2 Å². The van der Waals surface area contributed by atoms with E-state index in [0.29, 0.717) is 17.6 Å². The Labute approximate surface area is 169 Å². The monoisotopic (exact) mass is 415 g/mol. The fourth-order valence-electron chi connectivity index (χ4n) is 3.38. The highest BCUT2D eigenvalue weighted by Crippen LogP contribution is 2.21. The van der Waals surface area contributed by atoms with Gasteiger partial charge in [0.2, 0.25) is 10.0 Å². The normalized spacial score (nSPS) is 12.1. The van der Waals surface area contributed by atoms with Crippen molar-refractivity contribution in [3.8, 4) is 0 Å². The molecule has 0 saturated carbocycles. The summed E-state index contributed by atoms with van der Waals surface area (Å²) in [6.45, 7) is 6.18. The molecule has 0 bridgehead atoms. The first-order chi connectivity index (χ1) is 13.6. The molecule has 0 spiro atoms. The average molecular weight is 416 g/mol. The Morgan fingerprint density at radius 3 is 2.17 bits per heavy atom. The highest BCUT2D eigenvalue weighted by atomic mass is 32.2. The molecule has 2 aromatic carbocycles. The fraction of sp³-hybridized carbons (Fsp3) is 0.333. The second-order valence-electron chi connectivity index (χ2n) is 7.31. The number of benzene rings is 2. The lowest BCUT2D eigenvalue weighted by Crippen LogP contribution is -2.41. The molecular formula is C21H25N3O4S. The highest BCUT2D eigenvalue weighted by molar-refractivity contribution is 7.89. The van der Waals surface area contributed by atoms with Gasteiger partial charge in [0.25, 0.3) is 0 Å². The maximum Gasteiger partial charge on any atom is 0.317 e. The molecule has 0 atom stereocenters. The summed E-state index contributed by atoms with van der Waals surface area (Å²) in [5, 5.41) is 0. The van der Waals surface area contributed by atoms with E-state index in [2.05, 4.69) is 0 Å². The lowest BCUT2D eigenvalue weighted by molar-refractivity contribution is 0.521. The maximum absolute atomic E-state index is 12.9. The fourth-order valence-corrected chi connectivity index (χ4v) is 4.30. The molecule has 154 valence electrons. The number of sulfonamides is 1. The number of hydrogen-bond acceptors (Lipinski definition) is 4. The summed E-state index contributed by atoms with van der Waals surface area (Å²) in [5.41, 5.74) is 2.60. The molecule has 0 radical (unpaired) electrons. The second kappa shape index (κ2) is 7.61. The molecule has 0 saturated heterocycles. The molecular weight excluding hydrogens is 390 g/mol. The highest BCUT2D eigenvalue weighted by Gasteiger charge is 2.20. The summed E-state index contributed by atoms with van der Waals surface area (Å²) in [4.78, 5) is 25.7. The van der Waals surface area contributed by atoms with Crippen molar-refractivity contribution in [1.29, 1.82) is 0 Å². The van der Waals surface area contributed by atoms with E-state index in [4.69, 9.17) is 0 Å². The summed E-state index contributed by atoms with van der Waals surface area (Å²) in [6.07, 6.45) is 0. The molecule has 0 aliphatic rings. The SMILES string of the molecule is CCn1c(=O)c(=O)n(Cc2cc(C)ccc2C)c2cc(S(=O)(=O)N(C)C)ccc21. The second-order valence-corrected chi connectivity index (χ2v) is 9.46. The Morgan fingerprint density at radius 1 is 0.897 bits per heavy atom. The van der Waals surface area contributed by atoms with Crippen LogP contribution in [0.4, 0.5) is 0 Å². The molecule has 3 aromatic rings. The van der Waals surface area contributed by atoms with Gasteiger partial charge in [-0.1, -0.05) is 23.8 Å². The summed E-state index contributed by atoms with van der Waals surface area (Å²) in [7, 11) is -0.777. The molecule has 0 aliphatic carbocycles. The van der Waals surface area contributed by atoms with Crippen molar-refractivity contribution in [2.24, 2.45) is 0 Å². The third kappa shape index (κ3) is 3.65. The van der Waals surface area contributed by atoms with Crippen LogP contribution in [0.15, 0.2) is 50.9 Å². The molecule has 3 rings (SSSR count). The van der Waals surface area contributed by atoms with Crippen LogP contribution in [-0.2, 0) is 23.1 Å². The van der Waals surface area contributed by atoms with Gasteiger partial charge in [-0.25, -0.2) is 12.7 Å². The smallest absolute Gasteiger partial charge is 0.302 e. The molecule has 0 fully saturated rings. The van der Waals surface area contributed by atoms with Gasteiger partial charge in [-0.05, 0) is 50.1 Å². The van der Waals surface area contributed by atoms with E-state index in [1.807, 2.05) is 32.0 Å². The quantitative estimate of drug-likeness (QED) is 0.598. The summed E-state index contributed by atoms with van der Waals surface area (Å²) >= 11 is 0. The summed E-state index contributed by atoms with van der Waals surface area (Å²) in [5.74, 6) is 0. The largest absolute Gasteiger partial charge is 0.317 e. The van der Waals surface area contributed by atoms with Gasteiger partial charge in [-0.2, -0.15) is 0 Å². The minimum absolute atomic E-state index is 0.0745. The standard InChI is InChI=1S/C21H25N3O4S/c1-6-23-18-10-9-17(29(27,28)22(4)5)12-19(18)24(21(26)20(23)25)13-16-11-14(2)7-8-15(16)3/h7-12H,6,13H2,1-5H3. The van der Waals surface area contributed by atoms with Crippen molar-refractivity contribution < 1.29 is 8.42 Å². The Kier molecular flexibility index (Phi) is 5.51. The van der Waals surface area contributed by atoms with Gasteiger partial charge in [-0.15, -0.1) is 0 Å². The zero-order valence-corrected chi connectivity index (χ0v) is 18.1. The molecule has 0 N–H and O–H groups in total. The molecule has 8 heteroatoms. The lowest BCUT2D eigenvalue weighted by atomic mass is 10.1. The number of rotatable bonds is 5. The molecule has 0 unspecified atom stereocenters. The Bertz CT molecular complexity index is 1320. The first kappa shape index (κ1) is 21.0. The summed E-state index contributed by atoms with van der Waals surface area (Å²) in [6, 6.07) is 10.5. The maximum atomic E-state index is 12.9. The molecule has 1 aromatic heterocycles. The van der Waals surface area contributed by atoms with Crippen molar-refractivity contribution in [1.82, 2.24) is 13.4 Å². The first-order valence-electron chi connectivity index (χ1n) is 9.34. The minimum Gasteiger partial charge on any atom is -0.302 e. The van der Waals surface area contributed by atoms with Gasteiger partial charge >= 0.3 is 11.1 Å². The number of fused-ring (bicyclic) bond motifs is 1. The zero-order chi connectivity index (χ0) is 21.5. The number of aromatic nitrogens is 2. The van der Waals surface area contributed by atoms with E-state index in [1.54, 1.807) is 13.0 Å². The van der Waals surface area contributed by atoms with Crippen LogP contribution in [0, 0.1) is 13.8 Å². The van der Waals surface area contributed by atoms with Crippen LogP contribution in [0.1, 0.15) is 23.6 Å². The van der Waals surface area contributed by atoms with Crippen molar-refractivity contribution >= 4 is 21.1 Å². The van der Waals surface area contributed by atoms with Crippen LogP contribution < -0.4 is 11.1 Å². The van der Waals surface area contributed by atoms with E-state index >= 15 is 0 Å². The molecule has 29 heavy (non-hydrogen) atoms. The number of nitrogens with zero attached hydrogens (tertiary/aromatic N) is 3. The summed E-state index contributed by atoms with van der Waals surface area (Å²) < 4.78 is 29.1.